The number of carbonyl (C=O) groups excluding carboxylic acids is 1. The highest BCUT2D eigenvalue weighted by Gasteiger charge is 2.38. The van der Waals surface area contributed by atoms with Gasteiger partial charge in [0, 0.05) is 24.2 Å². The molecule has 0 N–H and O–H groups in total. The van der Waals surface area contributed by atoms with Gasteiger partial charge < -0.3 is 4.74 Å². The van der Waals surface area contributed by atoms with Crippen LogP contribution in [0.1, 0.15) is 13.8 Å². The fourth-order valence-electron chi connectivity index (χ4n) is 3.81. The number of benzene rings is 2. The Labute approximate surface area is 225 Å². The maximum atomic E-state index is 16.2. The second-order valence-corrected chi connectivity index (χ2v) is 10.4. The van der Waals surface area contributed by atoms with Crippen LogP contribution in [0.4, 0.5) is 32.4 Å². The number of aryl methyl sites for hydroxylation is 1. The maximum absolute atomic E-state index is 16.2. The van der Waals surface area contributed by atoms with Crippen LogP contribution in [-0.2, 0) is 21.3 Å². The van der Waals surface area contributed by atoms with Crippen molar-refractivity contribution in [1.82, 2.24) is 14.8 Å². The summed E-state index contributed by atoms with van der Waals surface area (Å²) >= 11 is 0. The number of hydrogen-bond donors (Lipinski definition) is 0. The highest BCUT2D eigenvalue weighted by atomic mass is 32.2. The van der Waals surface area contributed by atoms with Gasteiger partial charge in [-0.25, -0.2) is 35.2 Å². The van der Waals surface area contributed by atoms with E-state index in [1.165, 1.54) is 44.6 Å². The Balaban J connectivity index is 1.99. The molecule has 0 aliphatic rings. The van der Waals surface area contributed by atoms with Gasteiger partial charge in [0.1, 0.15) is 40.4 Å². The van der Waals surface area contributed by atoms with Crippen LogP contribution < -0.4 is 4.31 Å². The number of amides is 1. The molecule has 0 aliphatic carbocycles. The molecule has 40 heavy (non-hydrogen) atoms. The van der Waals surface area contributed by atoms with Crippen molar-refractivity contribution in [2.45, 2.75) is 31.4 Å². The third-order valence-electron chi connectivity index (χ3n) is 5.51. The van der Waals surface area contributed by atoms with Crippen LogP contribution in [0.25, 0.3) is 22.4 Å². The van der Waals surface area contributed by atoms with E-state index in [0.29, 0.717) is 35.9 Å². The summed E-state index contributed by atoms with van der Waals surface area (Å²) in [7, 11) is -5.35. The number of alkyl halides is 1. The minimum Gasteiger partial charge on any atom is -0.446 e. The number of hydrogen-bond acceptors (Lipinski definition) is 6. The molecule has 2 aromatic carbocycles. The SMILES string of the molecule is CC(C)OC(=O)N(c1ccc(F)c(-c2nn(CCF)cc2-c2ccncc2)c1F)S(=O)(=O)c1cc(F)ccc1F. The monoisotopic (exact) mass is 580 g/mol. The van der Waals surface area contributed by atoms with Gasteiger partial charge in [0.05, 0.1) is 18.2 Å². The van der Waals surface area contributed by atoms with Crippen molar-refractivity contribution < 1.29 is 39.9 Å². The maximum Gasteiger partial charge on any atom is 0.429 e. The van der Waals surface area contributed by atoms with Crippen LogP contribution in [0.2, 0.25) is 0 Å². The predicted octanol–water partition coefficient (Wildman–Crippen LogP) is 5.88. The first-order chi connectivity index (χ1) is 18.9. The van der Waals surface area contributed by atoms with Crippen LogP contribution in [0.3, 0.4) is 0 Å². The standard InChI is InChI=1S/C26H21F5N4O4S/c1-15(2)39-26(36)35(40(37,38)22-13-17(28)3-4-19(22)29)21-6-5-20(30)23(24(21)31)25-18(14-34(33-25)12-9-27)16-7-10-32-11-8-16/h3-8,10-11,13-15H,9,12H2,1-2H3. The van der Waals surface area contributed by atoms with Crippen LogP contribution in [0.15, 0.2) is 66.0 Å². The lowest BCUT2D eigenvalue weighted by atomic mass is 10.0. The molecule has 0 spiro atoms. The Kier molecular flexibility index (Phi) is 8.18. The Hall–Kier alpha value is -4.33. The fourth-order valence-corrected chi connectivity index (χ4v) is 5.23. The van der Waals surface area contributed by atoms with Gasteiger partial charge in [-0.1, -0.05) is 0 Å². The quantitative estimate of drug-likeness (QED) is 0.242. The molecule has 0 unspecified atom stereocenters. The fraction of sp³-hybridized carbons (Fsp3) is 0.192. The first kappa shape index (κ1) is 28.7. The lowest BCUT2D eigenvalue weighted by Crippen LogP contribution is -2.39. The number of pyridine rings is 1. The normalized spacial score (nSPS) is 11.6. The van der Waals surface area contributed by atoms with Crippen molar-refractivity contribution in [3.8, 4) is 22.4 Å². The van der Waals surface area contributed by atoms with Crippen LogP contribution >= 0.6 is 0 Å². The van der Waals surface area contributed by atoms with Crippen LogP contribution in [0, 0.1) is 23.3 Å². The minimum absolute atomic E-state index is 0.140. The molecule has 0 bridgehead atoms. The van der Waals surface area contributed by atoms with Crippen LogP contribution in [0.5, 0.6) is 0 Å². The molecule has 0 aliphatic heterocycles. The summed E-state index contributed by atoms with van der Waals surface area (Å²) in [4.78, 5) is 15.6. The van der Waals surface area contributed by atoms with Gasteiger partial charge in [-0.15, -0.1) is 0 Å². The van der Waals surface area contributed by atoms with E-state index in [0.717, 1.165) is 4.68 Å². The van der Waals surface area contributed by atoms with Gasteiger partial charge in [0.15, 0.2) is 5.82 Å². The lowest BCUT2D eigenvalue weighted by molar-refractivity contribution is 0.126. The average molecular weight is 581 g/mol. The molecular weight excluding hydrogens is 559 g/mol. The summed E-state index contributed by atoms with van der Waals surface area (Å²) in [6.07, 6.45) is 1.56. The second kappa shape index (κ2) is 11.4. The van der Waals surface area contributed by atoms with E-state index < -0.39 is 68.3 Å². The molecule has 4 rings (SSSR count). The molecule has 2 heterocycles. The van der Waals surface area contributed by atoms with Gasteiger partial charge >= 0.3 is 6.09 Å². The van der Waals surface area contributed by atoms with Gasteiger partial charge in [-0.05, 0) is 61.9 Å². The first-order valence-corrected chi connectivity index (χ1v) is 13.1. The molecule has 0 radical (unpaired) electrons. The smallest absolute Gasteiger partial charge is 0.429 e. The minimum atomic E-state index is -5.35. The van der Waals surface area contributed by atoms with E-state index >= 15 is 8.78 Å². The summed E-state index contributed by atoms with van der Waals surface area (Å²) < 4.78 is 106. The zero-order chi connectivity index (χ0) is 29.2. The summed E-state index contributed by atoms with van der Waals surface area (Å²) in [5.74, 6) is -5.37. The largest absolute Gasteiger partial charge is 0.446 e. The third-order valence-corrected chi connectivity index (χ3v) is 7.20. The van der Waals surface area contributed by atoms with E-state index in [1.54, 1.807) is 0 Å². The molecule has 210 valence electrons. The van der Waals surface area contributed by atoms with Crippen molar-refractivity contribution in [1.29, 1.82) is 0 Å². The van der Waals surface area contributed by atoms with Crippen molar-refractivity contribution in [3.05, 3.63) is 84.3 Å². The lowest BCUT2D eigenvalue weighted by Gasteiger charge is -2.24. The second-order valence-electron chi connectivity index (χ2n) is 8.61. The number of carbonyl (C=O) groups is 1. The summed E-state index contributed by atoms with van der Waals surface area (Å²) in [6, 6.07) is 5.78. The highest BCUT2D eigenvalue weighted by Crippen LogP contribution is 2.39. The van der Waals surface area contributed by atoms with Crippen molar-refractivity contribution in [3.63, 3.8) is 0 Å². The van der Waals surface area contributed by atoms with Gasteiger partial charge in [-0.3, -0.25) is 9.67 Å². The van der Waals surface area contributed by atoms with Crippen molar-refractivity contribution >= 4 is 21.8 Å². The van der Waals surface area contributed by atoms with Crippen molar-refractivity contribution in [2.24, 2.45) is 0 Å². The highest BCUT2D eigenvalue weighted by molar-refractivity contribution is 7.93. The molecule has 8 nitrogen and oxygen atoms in total. The van der Waals surface area contributed by atoms with E-state index in [9.17, 15) is 26.4 Å². The number of aromatic nitrogens is 3. The third kappa shape index (κ3) is 5.52. The van der Waals surface area contributed by atoms with E-state index in [4.69, 9.17) is 4.74 Å². The number of nitrogens with zero attached hydrogens (tertiary/aromatic N) is 4. The van der Waals surface area contributed by atoms with Crippen molar-refractivity contribution in [2.75, 3.05) is 11.0 Å². The summed E-state index contributed by atoms with van der Waals surface area (Å²) in [6.45, 7) is 1.63. The zero-order valence-corrected chi connectivity index (χ0v) is 21.8. The van der Waals surface area contributed by atoms with E-state index in [-0.39, 0.29) is 22.1 Å². The van der Waals surface area contributed by atoms with Gasteiger partial charge in [0.2, 0.25) is 0 Å². The number of rotatable bonds is 8. The molecule has 0 atom stereocenters. The Morgan fingerprint density at radius 3 is 2.35 bits per heavy atom. The number of anilines is 1. The predicted molar refractivity (Wildman–Crippen MR) is 134 cm³/mol. The van der Waals surface area contributed by atoms with E-state index in [2.05, 4.69) is 10.1 Å². The molecular formula is C26H21F5N4O4S. The average Bonchev–Trinajstić information content (AvgIpc) is 3.30. The van der Waals surface area contributed by atoms with Gasteiger partial charge in [0.25, 0.3) is 10.0 Å². The summed E-state index contributed by atoms with van der Waals surface area (Å²) in [5.41, 5.74) is -1.72. The Bertz CT molecular complexity index is 1660. The molecule has 4 aromatic rings. The molecule has 0 fully saturated rings. The molecule has 0 saturated heterocycles. The Morgan fingerprint density at radius 1 is 1.02 bits per heavy atom. The Morgan fingerprint density at radius 2 is 1.70 bits per heavy atom. The first-order valence-electron chi connectivity index (χ1n) is 11.7. The molecule has 2 aromatic heterocycles. The number of halogens is 5. The molecule has 0 saturated carbocycles. The molecule has 14 heteroatoms. The van der Waals surface area contributed by atoms with Crippen LogP contribution in [-0.4, -0.2) is 42.1 Å². The van der Waals surface area contributed by atoms with E-state index in [1.807, 2.05) is 0 Å². The summed E-state index contributed by atoms with van der Waals surface area (Å²) in [5, 5.41) is 4.09. The molecule has 1 amide bonds. The number of sulfonamides is 1. The topological polar surface area (TPSA) is 94.4 Å². The zero-order valence-electron chi connectivity index (χ0n) is 21.0. The number of ether oxygens (including phenoxy) is 1. The van der Waals surface area contributed by atoms with Gasteiger partial charge in [-0.2, -0.15) is 9.40 Å².